The number of hydrogen-bond donors (Lipinski definition) is 1. The summed E-state index contributed by atoms with van der Waals surface area (Å²) >= 11 is 1.60. The Morgan fingerprint density at radius 1 is 1.06 bits per heavy atom. The van der Waals surface area contributed by atoms with E-state index in [4.69, 9.17) is 4.99 Å². The Morgan fingerprint density at radius 3 is 2.58 bits per heavy atom. The summed E-state index contributed by atoms with van der Waals surface area (Å²) in [7, 11) is 0. The van der Waals surface area contributed by atoms with Gasteiger partial charge in [-0.2, -0.15) is 13.2 Å². The smallest absolute Gasteiger partial charge is 0.339 e. The van der Waals surface area contributed by atoms with Crippen molar-refractivity contribution in [2.24, 2.45) is 10.9 Å². The molecule has 172 valence electrons. The Hall–Kier alpha value is -2.81. The van der Waals surface area contributed by atoms with Crippen molar-refractivity contribution in [3.05, 3.63) is 70.8 Å². The lowest BCUT2D eigenvalue weighted by Crippen LogP contribution is -2.43. The predicted molar refractivity (Wildman–Crippen MR) is 120 cm³/mol. The van der Waals surface area contributed by atoms with E-state index >= 15 is 0 Å². The van der Waals surface area contributed by atoms with Gasteiger partial charge < -0.3 is 10.2 Å². The lowest BCUT2D eigenvalue weighted by atomic mass is 9.95. The molecule has 2 aromatic carbocycles. The Labute approximate surface area is 193 Å². The van der Waals surface area contributed by atoms with E-state index in [1.54, 1.807) is 11.8 Å². The highest BCUT2D eigenvalue weighted by molar-refractivity contribution is 8.14. The molecule has 0 saturated carbocycles. The lowest BCUT2D eigenvalue weighted by molar-refractivity contribution is -0.137. The maximum Gasteiger partial charge on any atom is 0.416 e. The zero-order valence-electron chi connectivity index (χ0n) is 17.6. The van der Waals surface area contributed by atoms with Crippen molar-refractivity contribution >= 4 is 28.7 Å². The first-order valence-electron chi connectivity index (χ1n) is 10.9. The van der Waals surface area contributed by atoms with Crippen molar-refractivity contribution < 1.29 is 22.8 Å². The molecule has 1 fully saturated rings. The first-order chi connectivity index (χ1) is 15.8. The highest BCUT2D eigenvalue weighted by Crippen LogP contribution is 2.45. The molecule has 2 aliphatic heterocycles. The maximum absolute atomic E-state index is 12.9. The van der Waals surface area contributed by atoms with Crippen molar-refractivity contribution in [2.75, 3.05) is 13.1 Å². The van der Waals surface area contributed by atoms with E-state index in [9.17, 15) is 22.8 Å². The number of likely N-dealkylation sites (tertiary alicyclic amines) is 1. The maximum atomic E-state index is 12.9. The molecule has 5 nitrogen and oxygen atoms in total. The standard InChI is InChI=1S/C24H22F3N3O2S/c25-24(26,27)17-6-3-5-16(12-17)22(32)30-10-8-14(9-11-30)21(31)29-23-28-20-18-7-2-1-4-15(18)13-19(20)33-23/h1-7,12,14,19-20H,8-11,13H2,(H,28,29,31). The van der Waals surface area contributed by atoms with Gasteiger partial charge in [0.15, 0.2) is 5.17 Å². The third kappa shape index (κ3) is 4.38. The average Bonchev–Trinajstić information content (AvgIpc) is 3.35. The quantitative estimate of drug-likeness (QED) is 0.702. The molecule has 1 saturated heterocycles. The second kappa shape index (κ2) is 8.52. The van der Waals surface area contributed by atoms with Crippen LogP contribution in [0, 0.1) is 5.92 Å². The summed E-state index contributed by atoms with van der Waals surface area (Å²) in [5.41, 5.74) is 1.70. The van der Waals surface area contributed by atoms with Crippen LogP contribution in [0.1, 0.15) is 45.9 Å². The summed E-state index contributed by atoms with van der Waals surface area (Å²) in [6, 6.07) is 12.8. The third-order valence-electron chi connectivity index (χ3n) is 6.49. The number of thioether (sulfide) groups is 1. The molecule has 2 heterocycles. The molecule has 3 aliphatic rings. The van der Waals surface area contributed by atoms with Crippen molar-refractivity contribution in [2.45, 2.75) is 36.7 Å². The molecule has 0 aromatic heterocycles. The molecule has 0 spiro atoms. The fourth-order valence-electron chi connectivity index (χ4n) is 4.72. The number of alkyl halides is 3. The minimum absolute atomic E-state index is 0.0104. The first-order valence-corrected chi connectivity index (χ1v) is 11.8. The number of benzene rings is 2. The van der Waals surface area contributed by atoms with Gasteiger partial charge in [-0.15, -0.1) is 0 Å². The van der Waals surface area contributed by atoms with Crippen LogP contribution in [0.3, 0.4) is 0 Å². The van der Waals surface area contributed by atoms with Gasteiger partial charge in [0.25, 0.3) is 5.91 Å². The summed E-state index contributed by atoms with van der Waals surface area (Å²) < 4.78 is 38.8. The van der Waals surface area contributed by atoms with E-state index < -0.39 is 17.6 Å². The summed E-state index contributed by atoms with van der Waals surface area (Å²) in [4.78, 5) is 31.7. The molecular weight excluding hydrogens is 451 g/mol. The minimum atomic E-state index is -4.50. The lowest BCUT2D eigenvalue weighted by Gasteiger charge is -2.31. The fraction of sp³-hybridized carbons (Fsp3) is 0.375. The second-order valence-corrected chi connectivity index (χ2v) is 9.80. The number of carbonyl (C=O) groups excluding carboxylic acids is 2. The number of hydrogen-bond acceptors (Lipinski definition) is 4. The highest BCUT2D eigenvalue weighted by atomic mass is 32.2. The second-order valence-electron chi connectivity index (χ2n) is 8.57. The number of halogens is 3. The van der Waals surface area contributed by atoms with E-state index in [0.717, 1.165) is 18.6 Å². The molecule has 9 heteroatoms. The zero-order chi connectivity index (χ0) is 23.2. The van der Waals surface area contributed by atoms with Gasteiger partial charge in [-0.25, -0.2) is 0 Å². The third-order valence-corrected chi connectivity index (χ3v) is 7.64. The molecular formula is C24H22F3N3O2S. The van der Waals surface area contributed by atoms with Crippen LogP contribution in [-0.2, 0) is 17.4 Å². The van der Waals surface area contributed by atoms with Crippen LogP contribution >= 0.6 is 11.8 Å². The Balaban J connectivity index is 1.17. The molecule has 1 N–H and O–H groups in total. The molecule has 0 radical (unpaired) electrons. The number of nitrogens with one attached hydrogen (secondary N) is 1. The number of nitrogens with zero attached hydrogens (tertiary/aromatic N) is 2. The molecule has 2 amide bonds. The van der Waals surface area contributed by atoms with E-state index in [-0.39, 0.29) is 23.4 Å². The molecule has 2 atom stereocenters. The summed E-state index contributed by atoms with van der Waals surface area (Å²) in [5, 5.41) is 3.91. The summed E-state index contributed by atoms with van der Waals surface area (Å²) in [6.45, 7) is 0.650. The molecule has 2 aromatic rings. The number of piperidine rings is 1. The van der Waals surface area contributed by atoms with Gasteiger partial charge in [-0.1, -0.05) is 42.1 Å². The molecule has 1 aliphatic carbocycles. The number of fused-ring (bicyclic) bond motifs is 3. The van der Waals surface area contributed by atoms with Crippen LogP contribution in [0.2, 0.25) is 0 Å². The van der Waals surface area contributed by atoms with Crippen molar-refractivity contribution in [1.29, 1.82) is 0 Å². The molecule has 5 rings (SSSR count). The van der Waals surface area contributed by atoms with Crippen LogP contribution in [-0.4, -0.2) is 40.2 Å². The van der Waals surface area contributed by atoms with E-state index in [1.807, 2.05) is 12.1 Å². The fourth-order valence-corrected chi connectivity index (χ4v) is 5.94. The van der Waals surface area contributed by atoms with Crippen molar-refractivity contribution in [3.63, 3.8) is 0 Å². The Bertz CT molecular complexity index is 1130. The van der Waals surface area contributed by atoms with Gasteiger partial charge in [0.2, 0.25) is 5.91 Å². The highest BCUT2D eigenvalue weighted by Gasteiger charge is 2.39. The predicted octanol–water partition coefficient (Wildman–Crippen LogP) is 4.44. The van der Waals surface area contributed by atoms with Crippen LogP contribution in [0.5, 0.6) is 0 Å². The molecule has 0 bridgehead atoms. The van der Waals surface area contributed by atoms with Gasteiger partial charge in [0.05, 0.1) is 11.6 Å². The van der Waals surface area contributed by atoms with Gasteiger partial charge in [0, 0.05) is 29.8 Å². The topological polar surface area (TPSA) is 61.8 Å². The number of aliphatic imine (C=N–C) groups is 1. The van der Waals surface area contributed by atoms with E-state index in [2.05, 4.69) is 17.4 Å². The summed E-state index contributed by atoms with van der Waals surface area (Å²) in [5.74, 6) is -0.811. The van der Waals surface area contributed by atoms with Crippen LogP contribution in [0.4, 0.5) is 13.2 Å². The Morgan fingerprint density at radius 2 is 1.82 bits per heavy atom. The van der Waals surface area contributed by atoms with Crippen molar-refractivity contribution in [3.8, 4) is 0 Å². The van der Waals surface area contributed by atoms with E-state index in [0.29, 0.717) is 36.3 Å². The van der Waals surface area contributed by atoms with Gasteiger partial charge in [-0.05, 0) is 48.6 Å². The van der Waals surface area contributed by atoms with Crippen LogP contribution in [0.15, 0.2) is 53.5 Å². The number of amidine groups is 1. The van der Waals surface area contributed by atoms with Crippen LogP contribution in [0.25, 0.3) is 0 Å². The van der Waals surface area contributed by atoms with Gasteiger partial charge in [-0.3, -0.25) is 14.6 Å². The normalized spacial score (nSPS) is 22.5. The average molecular weight is 474 g/mol. The molecule has 2 unspecified atom stereocenters. The largest absolute Gasteiger partial charge is 0.416 e. The zero-order valence-corrected chi connectivity index (χ0v) is 18.5. The first kappa shape index (κ1) is 22.0. The minimum Gasteiger partial charge on any atom is -0.339 e. The summed E-state index contributed by atoms with van der Waals surface area (Å²) in [6.07, 6.45) is -2.64. The number of amides is 2. The monoisotopic (exact) mass is 473 g/mol. The van der Waals surface area contributed by atoms with Gasteiger partial charge >= 0.3 is 6.18 Å². The van der Waals surface area contributed by atoms with Crippen molar-refractivity contribution in [1.82, 2.24) is 10.2 Å². The Kier molecular flexibility index (Phi) is 5.68. The molecule has 33 heavy (non-hydrogen) atoms. The number of rotatable bonds is 2. The SMILES string of the molecule is O=C(NC1=NC2c3ccccc3CC2S1)C1CCN(C(=O)c2cccc(C(F)(F)F)c2)CC1. The van der Waals surface area contributed by atoms with Crippen LogP contribution < -0.4 is 5.32 Å². The van der Waals surface area contributed by atoms with E-state index in [1.165, 1.54) is 28.2 Å². The van der Waals surface area contributed by atoms with Gasteiger partial charge in [0.1, 0.15) is 0 Å². The number of carbonyl (C=O) groups is 2.